The molecule has 0 radical (unpaired) electrons. The van der Waals surface area contributed by atoms with Crippen molar-refractivity contribution in [3.8, 4) is 0 Å². The zero-order valence-electron chi connectivity index (χ0n) is 16.8. The van der Waals surface area contributed by atoms with Crippen LogP contribution in [0.3, 0.4) is 0 Å². The maximum Gasteiger partial charge on any atom is 0.108 e. The first-order valence-electron chi connectivity index (χ1n) is 9.48. The normalized spacial score (nSPS) is 12.7. The van der Waals surface area contributed by atoms with Gasteiger partial charge in [0, 0.05) is 24.4 Å². The van der Waals surface area contributed by atoms with E-state index in [-0.39, 0.29) is 0 Å². The number of thioether (sulfide) groups is 1. The number of aromatic nitrogens is 2. The van der Waals surface area contributed by atoms with Gasteiger partial charge < -0.3 is 4.42 Å². The Balaban J connectivity index is 1.61. The smallest absolute Gasteiger partial charge is 0.108 e. The van der Waals surface area contributed by atoms with Gasteiger partial charge >= 0.3 is 0 Å². The summed E-state index contributed by atoms with van der Waals surface area (Å²) in [6.07, 6.45) is 6.85. The van der Waals surface area contributed by atoms with Gasteiger partial charge in [0.25, 0.3) is 0 Å². The lowest BCUT2D eigenvalue weighted by Gasteiger charge is -2.11. The molecule has 0 spiro atoms. The van der Waals surface area contributed by atoms with Gasteiger partial charge in [0.2, 0.25) is 0 Å². The third kappa shape index (κ3) is 5.23. The van der Waals surface area contributed by atoms with Crippen molar-refractivity contribution in [2.45, 2.75) is 63.8 Å². The van der Waals surface area contributed by atoms with Crippen molar-refractivity contribution in [3.05, 3.63) is 63.1 Å². The summed E-state index contributed by atoms with van der Waals surface area (Å²) in [5, 5.41) is 4.43. The zero-order chi connectivity index (χ0) is 19.4. The molecule has 27 heavy (non-hydrogen) atoms. The first-order valence-corrected chi connectivity index (χ1v) is 11.6. The van der Waals surface area contributed by atoms with Crippen LogP contribution in [0.15, 0.2) is 39.2 Å². The molecule has 1 atom stereocenters. The van der Waals surface area contributed by atoms with Gasteiger partial charge in [-0.25, -0.2) is 9.97 Å². The van der Waals surface area contributed by atoms with Gasteiger partial charge in [-0.15, -0.1) is 23.1 Å². The molecule has 0 aliphatic rings. The number of hydrogen-bond acceptors (Lipinski definition) is 5. The van der Waals surface area contributed by atoms with Crippen molar-refractivity contribution < 1.29 is 4.42 Å². The second-order valence-corrected chi connectivity index (χ2v) is 9.23. The first kappa shape index (κ1) is 20.2. The molecule has 0 bridgehead atoms. The monoisotopic (exact) mass is 400 g/mol. The van der Waals surface area contributed by atoms with E-state index in [0.29, 0.717) is 11.8 Å². The molecule has 0 saturated carbocycles. The van der Waals surface area contributed by atoms with E-state index in [2.05, 4.69) is 67.5 Å². The number of nitrogens with zero attached hydrogens (tertiary/aromatic N) is 2. The maximum atomic E-state index is 6.09. The van der Waals surface area contributed by atoms with Crippen molar-refractivity contribution in [2.24, 2.45) is 0 Å². The fourth-order valence-corrected chi connectivity index (χ4v) is 4.58. The zero-order valence-corrected chi connectivity index (χ0v) is 18.4. The minimum Gasteiger partial charge on any atom is -0.466 e. The van der Waals surface area contributed by atoms with E-state index in [0.717, 1.165) is 40.8 Å². The molecule has 144 valence electrons. The Labute approximate surface area is 170 Å². The Bertz CT molecular complexity index is 882. The fourth-order valence-electron chi connectivity index (χ4n) is 3.16. The molecular weight excluding hydrogens is 372 g/mol. The SMILES string of the molecule is CSc1ncc(Cc2ccc(CCC(C)c3csc(C)n3)o2)cc1C(C)C. The highest BCUT2D eigenvalue weighted by Gasteiger charge is 2.13. The van der Waals surface area contributed by atoms with Gasteiger partial charge in [-0.05, 0) is 54.7 Å². The Morgan fingerprint density at radius 3 is 2.63 bits per heavy atom. The summed E-state index contributed by atoms with van der Waals surface area (Å²) < 4.78 is 6.09. The lowest BCUT2D eigenvalue weighted by Crippen LogP contribution is -1.98. The van der Waals surface area contributed by atoms with Crippen molar-refractivity contribution in [1.29, 1.82) is 0 Å². The van der Waals surface area contributed by atoms with E-state index < -0.39 is 0 Å². The second kappa shape index (κ2) is 9.07. The summed E-state index contributed by atoms with van der Waals surface area (Å²) in [5.41, 5.74) is 3.73. The number of furan rings is 1. The summed E-state index contributed by atoms with van der Waals surface area (Å²) in [5.74, 6) is 3.00. The second-order valence-electron chi connectivity index (χ2n) is 7.37. The highest BCUT2D eigenvalue weighted by Crippen LogP contribution is 2.27. The minimum absolute atomic E-state index is 0.459. The van der Waals surface area contributed by atoms with Crippen LogP contribution in [0.5, 0.6) is 0 Å². The molecule has 5 heteroatoms. The summed E-state index contributed by atoms with van der Waals surface area (Å²) in [7, 11) is 0. The third-order valence-electron chi connectivity index (χ3n) is 4.81. The van der Waals surface area contributed by atoms with Crippen molar-refractivity contribution in [2.75, 3.05) is 6.26 Å². The average Bonchev–Trinajstić information content (AvgIpc) is 3.28. The van der Waals surface area contributed by atoms with Crippen LogP contribution in [0.25, 0.3) is 0 Å². The summed E-state index contributed by atoms with van der Waals surface area (Å²) in [4.78, 5) is 9.23. The van der Waals surface area contributed by atoms with Crippen LogP contribution in [-0.2, 0) is 12.8 Å². The highest BCUT2D eigenvalue weighted by atomic mass is 32.2. The van der Waals surface area contributed by atoms with E-state index in [4.69, 9.17) is 4.42 Å². The largest absolute Gasteiger partial charge is 0.466 e. The molecule has 0 N–H and O–H groups in total. The van der Waals surface area contributed by atoms with E-state index in [1.807, 2.05) is 6.20 Å². The van der Waals surface area contributed by atoms with Crippen LogP contribution in [0.2, 0.25) is 0 Å². The summed E-state index contributed by atoms with van der Waals surface area (Å²) in [6.45, 7) is 8.74. The Morgan fingerprint density at radius 1 is 1.19 bits per heavy atom. The molecule has 0 aromatic carbocycles. The lowest BCUT2D eigenvalue weighted by atomic mass is 10.0. The highest BCUT2D eigenvalue weighted by molar-refractivity contribution is 7.98. The Morgan fingerprint density at radius 2 is 1.96 bits per heavy atom. The van der Waals surface area contributed by atoms with Crippen LogP contribution in [0.4, 0.5) is 0 Å². The quantitative estimate of drug-likeness (QED) is 0.399. The number of aryl methyl sites for hydroxylation is 2. The lowest BCUT2D eigenvalue weighted by molar-refractivity contribution is 0.459. The first-order chi connectivity index (χ1) is 13.0. The molecule has 3 aromatic heterocycles. The number of hydrogen-bond donors (Lipinski definition) is 0. The molecule has 0 aliphatic carbocycles. The van der Waals surface area contributed by atoms with E-state index in [1.165, 1.54) is 16.8 Å². The van der Waals surface area contributed by atoms with Crippen molar-refractivity contribution >= 4 is 23.1 Å². The molecule has 0 amide bonds. The molecule has 3 rings (SSSR count). The minimum atomic E-state index is 0.459. The molecule has 3 heterocycles. The summed E-state index contributed by atoms with van der Waals surface area (Å²) >= 11 is 3.44. The number of thiazole rings is 1. The van der Waals surface area contributed by atoms with Crippen LogP contribution in [-0.4, -0.2) is 16.2 Å². The molecule has 0 fully saturated rings. The molecule has 0 aliphatic heterocycles. The van der Waals surface area contributed by atoms with Crippen LogP contribution in [0, 0.1) is 6.92 Å². The van der Waals surface area contributed by atoms with E-state index in [9.17, 15) is 0 Å². The van der Waals surface area contributed by atoms with Crippen molar-refractivity contribution in [3.63, 3.8) is 0 Å². The van der Waals surface area contributed by atoms with Gasteiger partial charge in [0.15, 0.2) is 0 Å². The van der Waals surface area contributed by atoms with Gasteiger partial charge in [-0.1, -0.05) is 26.8 Å². The summed E-state index contributed by atoms with van der Waals surface area (Å²) in [6, 6.07) is 6.49. The number of rotatable bonds is 8. The third-order valence-corrected chi connectivity index (χ3v) is 6.33. The van der Waals surface area contributed by atoms with E-state index >= 15 is 0 Å². The predicted octanol–water partition coefficient (Wildman–Crippen LogP) is 6.61. The topological polar surface area (TPSA) is 38.9 Å². The molecule has 3 aromatic rings. The maximum absolute atomic E-state index is 6.09. The molecular formula is C22H28N2OS2. The van der Waals surface area contributed by atoms with Crippen LogP contribution >= 0.6 is 23.1 Å². The van der Waals surface area contributed by atoms with Crippen molar-refractivity contribution in [1.82, 2.24) is 9.97 Å². The molecule has 0 saturated heterocycles. The van der Waals surface area contributed by atoms with E-state index in [1.54, 1.807) is 23.1 Å². The van der Waals surface area contributed by atoms with Gasteiger partial charge in [0.1, 0.15) is 11.5 Å². The molecule has 3 nitrogen and oxygen atoms in total. The standard InChI is InChI=1S/C22H28N2OS2/c1-14(2)20-11-17(12-23-22(20)26-5)10-19-9-8-18(25-19)7-6-15(3)21-13-27-16(4)24-21/h8-9,11-15H,6-7,10H2,1-5H3. The van der Waals surface area contributed by atoms with Crippen LogP contribution < -0.4 is 0 Å². The molecule has 1 unspecified atom stereocenters. The van der Waals surface area contributed by atoms with Gasteiger partial charge in [0.05, 0.1) is 15.7 Å². The van der Waals surface area contributed by atoms with Crippen LogP contribution in [0.1, 0.15) is 72.4 Å². The van der Waals surface area contributed by atoms with Gasteiger partial charge in [-0.3, -0.25) is 0 Å². The number of pyridine rings is 1. The predicted molar refractivity (Wildman–Crippen MR) is 115 cm³/mol. The Hall–Kier alpha value is -1.59. The average molecular weight is 401 g/mol. The Kier molecular flexibility index (Phi) is 6.77. The van der Waals surface area contributed by atoms with Gasteiger partial charge in [-0.2, -0.15) is 0 Å². The fraction of sp³-hybridized carbons (Fsp3) is 0.455.